The topological polar surface area (TPSA) is 99.6 Å². The van der Waals surface area contributed by atoms with E-state index in [0.717, 1.165) is 21.8 Å². The van der Waals surface area contributed by atoms with Crippen molar-refractivity contribution >= 4 is 21.7 Å². The van der Waals surface area contributed by atoms with Crippen molar-refractivity contribution in [1.29, 1.82) is 0 Å². The third kappa shape index (κ3) is 3.31. The molecule has 8 heteroatoms. The predicted molar refractivity (Wildman–Crippen MR) is 78.2 cm³/mol. The number of aliphatic hydroxyl groups excluding tert-OH is 1. The minimum atomic E-state index is -0.176. The molecule has 108 valence electrons. The van der Waals surface area contributed by atoms with Crippen LogP contribution >= 0.6 is 15.9 Å². The Bertz CT molecular complexity index is 598. The van der Waals surface area contributed by atoms with Gasteiger partial charge < -0.3 is 10.4 Å². The van der Waals surface area contributed by atoms with Gasteiger partial charge in [-0.15, -0.1) is 0 Å². The summed E-state index contributed by atoms with van der Waals surface area (Å²) in [6.45, 7) is 6.30. The van der Waals surface area contributed by atoms with E-state index in [0.29, 0.717) is 18.2 Å². The fourth-order valence-corrected chi connectivity index (χ4v) is 1.93. The fourth-order valence-electron chi connectivity index (χ4n) is 1.61. The van der Waals surface area contributed by atoms with Crippen LogP contribution in [0.15, 0.2) is 4.47 Å². The maximum Gasteiger partial charge on any atom is 0.176 e. The van der Waals surface area contributed by atoms with Crippen molar-refractivity contribution in [3.8, 4) is 0 Å². The van der Waals surface area contributed by atoms with Gasteiger partial charge in [-0.3, -0.25) is 5.10 Å². The summed E-state index contributed by atoms with van der Waals surface area (Å²) >= 11 is 3.48. The molecule has 0 saturated heterocycles. The standard InChI is InChI=1S/C12H17BrN6O/c1-6(2)11-15-7(3)10(13)12(17-11)14-4-8-16-9(5-20)19-18-8/h6,20H,4-5H2,1-3H3,(H,14,15,17)(H,16,18,19). The molecule has 3 N–H and O–H groups in total. The fraction of sp³-hybridized carbons (Fsp3) is 0.500. The molecule has 0 atom stereocenters. The molecule has 0 unspecified atom stereocenters. The number of aromatic nitrogens is 5. The highest BCUT2D eigenvalue weighted by molar-refractivity contribution is 9.10. The predicted octanol–water partition coefficient (Wildman–Crippen LogP) is 1.89. The van der Waals surface area contributed by atoms with E-state index in [1.807, 2.05) is 6.92 Å². The van der Waals surface area contributed by atoms with Crippen molar-refractivity contribution in [3.63, 3.8) is 0 Å². The van der Waals surface area contributed by atoms with E-state index in [2.05, 4.69) is 60.2 Å². The third-order valence-electron chi connectivity index (χ3n) is 2.69. The molecule has 20 heavy (non-hydrogen) atoms. The van der Waals surface area contributed by atoms with E-state index in [1.165, 1.54) is 0 Å². The van der Waals surface area contributed by atoms with E-state index in [-0.39, 0.29) is 12.5 Å². The van der Waals surface area contributed by atoms with Crippen molar-refractivity contribution in [2.75, 3.05) is 5.32 Å². The molecule has 0 aliphatic heterocycles. The molecule has 0 radical (unpaired) electrons. The lowest BCUT2D eigenvalue weighted by atomic mass is 10.2. The zero-order valence-electron chi connectivity index (χ0n) is 11.6. The summed E-state index contributed by atoms with van der Waals surface area (Å²) in [5, 5.41) is 18.7. The van der Waals surface area contributed by atoms with E-state index in [4.69, 9.17) is 5.11 Å². The molecule has 0 amide bonds. The molecular formula is C12H17BrN6O. The number of aryl methyl sites for hydroxylation is 1. The molecule has 2 aromatic rings. The van der Waals surface area contributed by atoms with Crippen LogP contribution in [-0.2, 0) is 13.2 Å². The van der Waals surface area contributed by atoms with Crippen molar-refractivity contribution in [2.24, 2.45) is 0 Å². The average Bonchev–Trinajstić information content (AvgIpc) is 2.88. The van der Waals surface area contributed by atoms with Gasteiger partial charge in [-0.1, -0.05) is 13.8 Å². The summed E-state index contributed by atoms with van der Waals surface area (Å²) < 4.78 is 0.837. The molecule has 0 bridgehead atoms. The van der Waals surface area contributed by atoms with E-state index >= 15 is 0 Å². The van der Waals surface area contributed by atoms with Crippen LogP contribution in [0, 0.1) is 6.92 Å². The minimum absolute atomic E-state index is 0.176. The summed E-state index contributed by atoms with van der Waals surface area (Å²) in [4.78, 5) is 13.0. The Morgan fingerprint density at radius 2 is 2.05 bits per heavy atom. The van der Waals surface area contributed by atoms with Gasteiger partial charge in [0.15, 0.2) is 5.82 Å². The maximum atomic E-state index is 8.92. The lowest BCUT2D eigenvalue weighted by molar-refractivity contribution is 0.271. The molecule has 0 fully saturated rings. The second kappa shape index (κ2) is 6.27. The van der Waals surface area contributed by atoms with Crippen LogP contribution < -0.4 is 5.32 Å². The number of hydrogen-bond acceptors (Lipinski definition) is 6. The Balaban J connectivity index is 2.16. The molecular weight excluding hydrogens is 324 g/mol. The lowest BCUT2D eigenvalue weighted by Crippen LogP contribution is -2.09. The van der Waals surface area contributed by atoms with Gasteiger partial charge in [-0.25, -0.2) is 15.0 Å². The summed E-state index contributed by atoms with van der Waals surface area (Å²) in [5.41, 5.74) is 0.889. The highest BCUT2D eigenvalue weighted by Gasteiger charge is 2.12. The quantitative estimate of drug-likeness (QED) is 0.768. The number of nitrogens with one attached hydrogen (secondary N) is 2. The number of H-pyrrole nitrogens is 1. The zero-order chi connectivity index (χ0) is 14.7. The number of hydrogen-bond donors (Lipinski definition) is 3. The van der Waals surface area contributed by atoms with Crippen LogP contribution in [0.1, 0.15) is 42.9 Å². The van der Waals surface area contributed by atoms with E-state index < -0.39 is 0 Å². The first-order chi connectivity index (χ1) is 9.51. The Hall–Kier alpha value is -1.54. The highest BCUT2D eigenvalue weighted by atomic mass is 79.9. The second-order valence-electron chi connectivity index (χ2n) is 4.69. The molecule has 2 aromatic heterocycles. The van der Waals surface area contributed by atoms with Gasteiger partial charge in [0.1, 0.15) is 24.1 Å². The largest absolute Gasteiger partial charge is 0.388 e. The normalized spacial score (nSPS) is 11.1. The highest BCUT2D eigenvalue weighted by Crippen LogP contribution is 2.25. The number of aliphatic hydroxyl groups is 1. The Labute approximate surface area is 125 Å². The van der Waals surface area contributed by atoms with Crippen LogP contribution in [-0.4, -0.2) is 30.3 Å². The van der Waals surface area contributed by atoms with Crippen molar-refractivity contribution in [3.05, 3.63) is 27.6 Å². The number of anilines is 1. The molecule has 0 spiro atoms. The molecule has 2 heterocycles. The Morgan fingerprint density at radius 1 is 1.30 bits per heavy atom. The monoisotopic (exact) mass is 340 g/mol. The van der Waals surface area contributed by atoms with Crippen molar-refractivity contribution in [1.82, 2.24) is 25.1 Å². The Morgan fingerprint density at radius 3 is 2.65 bits per heavy atom. The van der Waals surface area contributed by atoms with Gasteiger partial charge in [0.25, 0.3) is 0 Å². The number of aromatic amines is 1. The smallest absolute Gasteiger partial charge is 0.176 e. The van der Waals surface area contributed by atoms with E-state index in [1.54, 1.807) is 0 Å². The first kappa shape index (κ1) is 14.9. The van der Waals surface area contributed by atoms with Gasteiger partial charge in [0.2, 0.25) is 0 Å². The number of nitrogens with zero attached hydrogens (tertiary/aromatic N) is 4. The third-order valence-corrected chi connectivity index (χ3v) is 3.64. The van der Waals surface area contributed by atoms with Crippen molar-refractivity contribution in [2.45, 2.75) is 39.8 Å². The van der Waals surface area contributed by atoms with Gasteiger partial charge in [-0.05, 0) is 22.9 Å². The van der Waals surface area contributed by atoms with Crippen molar-refractivity contribution < 1.29 is 5.11 Å². The average molecular weight is 341 g/mol. The molecule has 0 aliphatic carbocycles. The maximum absolute atomic E-state index is 8.92. The van der Waals surface area contributed by atoms with Gasteiger partial charge >= 0.3 is 0 Å². The first-order valence-corrected chi connectivity index (χ1v) is 7.09. The van der Waals surface area contributed by atoms with Crippen LogP contribution in [0.25, 0.3) is 0 Å². The van der Waals surface area contributed by atoms with Crippen LogP contribution in [0.4, 0.5) is 5.82 Å². The summed E-state index contributed by atoms with van der Waals surface area (Å²) in [6, 6.07) is 0. The van der Waals surface area contributed by atoms with Gasteiger partial charge in [-0.2, -0.15) is 5.10 Å². The molecule has 0 saturated carbocycles. The SMILES string of the molecule is Cc1nc(C(C)C)nc(NCc2nc(CO)n[nH]2)c1Br. The van der Waals surface area contributed by atoms with Crippen LogP contribution in [0.5, 0.6) is 0 Å². The number of halogens is 1. The molecule has 0 aromatic carbocycles. The molecule has 7 nitrogen and oxygen atoms in total. The summed E-state index contributed by atoms with van der Waals surface area (Å²) in [7, 11) is 0. The van der Waals surface area contributed by atoms with E-state index in [9.17, 15) is 0 Å². The zero-order valence-corrected chi connectivity index (χ0v) is 13.2. The Kier molecular flexibility index (Phi) is 4.66. The number of rotatable bonds is 5. The summed E-state index contributed by atoms with van der Waals surface area (Å²) in [6.07, 6.45) is 0. The van der Waals surface area contributed by atoms with Gasteiger partial charge in [0, 0.05) is 5.92 Å². The lowest BCUT2D eigenvalue weighted by Gasteiger charge is -2.12. The molecule has 0 aliphatic rings. The molecule has 2 rings (SSSR count). The minimum Gasteiger partial charge on any atom is -0.388 e. The van der Waals surface area contributed by atoms with Crippen LogP contribution in [0.3, 0.4) is 0 Å². The van der Waals surface area contributed by atoms with Crippen LogP contribution in [0.2, 0.25) is 0 Å². The summed E-state index contributed by atoms with van der Waals surface area (Å²) in [5.74, 6) is 2.80. The second-order valence-corrected chi connectivity index (χ2v) is 5.49. The first-order valence-electron chi connectivity index (χ1n) is 6.30. The van der Waals surface area contributed by atoms with Gasteiger partial charge in [0.05, 0.1) is 16.7 Å².